The summed E-state index contributed by atoms with van der Waals surface area (Å²) in [5.74, 6) is 0.826. The molecule has 0 unspecified atom stereocenters. The first-order valence-corrected chi connectivity index (χ1v) is 7.19. The van der Waals surface area contributed by atoms with Gasteiger partial charge in [0.15, 0.2) is 0 Å². The van der Waals surface area contributed by atoms with Gasteiger partial charge in [0, 0.05) is 19.6 Å². The molecule has 1 aromatic carbocycles. The molecular formula is C11H18N2O3S. The van der Waals surface area contributed by atoms with E-state index in [0.717, 1.165) is 17.6 Å². The lowest BCUT2D eigenvalue weighted by atomic mass is 10.2. The summed E-state index contributed by atoms with van der Waals surface area (Å²) in [6.07, 6.45) is 1.15. The highest BCUT2D eigenvalue weighted by Gasteiger charge is 1.98. The van der Waals surface area contributed by atoms with E-state index in [1.54, 1.807) is 7.11 Å². The van der Waals surface area contributed by atoms with E-state index in [1.807, 2.05) is 24.3 Å². The maximum atomic E-state index is 10.8. The quantitative estimate of drug-likeness (QED) is 0.692. The van der Waals surface area contributed by atoms with Crippen LogP contribution in [0.4, 0.5) is 0 Å². The molecule has 0 radical (unpaired) electrons. The molecular weight excluding hydrogens is 240 g/mol. The molecule has 5 nitrogen and oxygen atoms in total. The van der Waals surface area contributed by atoms with E-state index in [1.165, 1.54) is 0 Å². The van der Waals surface area contributed by atoms with Crippen LogP contribution in [0, 0.1) is 0 Å². The first kappa shape index (κ1) is 14.0. The van der Waals surface area contributed by atoms with Crippen molar-refractivity contribution in [3.63, 3.8) is 0 Å². The Labute approximate surface area is 102 Å². The molecule has 17 heavy (non-hydrogen) atoms. The minimum absolute atomic E-state index is 0.398. The van der Waals surface area contributed by atoms with Crippen LogP contribution in [0.15, 0.2) is 24.3 Å². The number of hydrogen-bond acceptors (Lipinski definition) is 4. The number of rotatable bonds is 7. The van der Waals surface area contributed by atoms with Crippen molar-refractivity contribution >= 4 is 10.0 Å². The molecule has 6 heteroatoms. The third-order valence-corrected chi connectivity index (χ3v) is 2.88. The van der Waals surface area contributed by atoms with Crippen LogP contribution in [0.25, 0.3) is 0 Å². The number of benzene rings is 1. The zero-order chi connectivity index (χ0) is 12.7. The summed E-state index contributed by atoms with van der Waals surface area (Å²) in [6, 6.07) is 7.73. The lowest BCUT2D eigenvalue weighted by Gasteiger charge is -2.06. The van der Waals surface area contributed by atoms with Crippen LogP contribution in [0.2, 0.25) is 0 Å². The summed E-state index contributed by atoms with van der Waals surface area (Å²) in [7, 11) is -1.46. The molecule has 0 aromatic heterocycles. The normalized spacial score (nSPS) is 11.4. The van der Waals surface area contributed by atoms with Crippen LogP contribution < -0.4 is 14.8 Å². The lowest BCUT2D eigenvalue weighted by molar-refractivity contribution is 0.414. The first-order chi connectivity index (χ1) is 8.01. The van der Waals surface area contributed by atoms with Gasteiger partial charge in [-0.2, -0.15) is 0 Å². The Morgan fingerprint density at radius 2 is 1.82 bits per heavy atom. The highest BCUT2D eigenvalue weighted by atomic mass is 32.2. The fourth-order valence-electron chi connectivity index (χ4n) is 1.30. The molecule has 1 rings (SSSR count). The van der Waals surface area contributed by atoms with Gasteiger partial charge in [-0.05, 0) is 17.7 Å². The minimum Gasteiger partial charge on any atom is -0.497 e. The van der Waals surface area contributed by atoms with E-state index in [2.05, 4.69) is 10.0 Å². The fraction of sp³-hybridized carbons (Fsp3) is 0.455. The van der Waals surface area contributed by atoms with Crippen LogP contribution in [-0.4, -0.2) is 34.9 Å². The van der Waals surface area contributed by atoms with Crippen LogP contribution in [0.3, 0.4) is 0 Å². The van der Waals surface area contributed by atoms with Gasteiger partial charge in [-0.3, -0.25) is 0 Å². The molecule has 0 fully saturated rings. The van der Waals surface area contributed by atoms with Gasteiger partial charge in [0.2, 0.25) is 10.0 Å². The number of methoxy groups -OCH3 is 1. The second kappa shape index (κ2) is 6.58. The fourth-order valence-corrected chi connectivity index (χ4v) is 1.77. The summed E-state index contributed by atoms with van der Waals surface area (Å²) in [5, 5.41) is 3.14. The monoisotopic (exact) mass is 258 g/mol. The SMILES string of the molecule is COc1ccc(CNCCNS(C)(=O)=O)cc1. The standard InChI is InChI=1S/C11H18N2O3S/c1-16-11-5-3-10(4-6-11)9-12-7-8-13-17(2,14)15/h3-6,12-13H,7-9H2,1-2H3. The van der Waals surface area contributed by atoms with E-state index in [9.17, 15) is 8.42 Å². The number of sulfonamides is 1. The zero-order valence-corrected chi connectivity index (χ0v) is 10.9. The highest BCUT2D eigenvalue weighted by molar-refractivity contribution is 7.88. The average Bonchev–Trinajstić information content (AvgIpc) is 2.28. The predicted octanol–water partition coefficient (Wildman–Crippen LogP) is 0.334. The number of hydrogen-bond donors (Lipinski definition) is 2. The van der Waals surface area contributed by atoms with Crippen molar-refractivity contribution < 1.29 is 13.2 Å². The van der Waals surface area contributed by atoms with Crippen molar-refractivity contribution in [3.8, 4) is 5.75 Å². The first-order valence-electron chi connectivity index (χ1n) is 5.29. The average molecular weight is 258 g/mol. The maximum absolute atomic E-state index is 10.8. The summed E-state index contributed by atoms with van der Waals surface area (Å²) in [4.78, 5) is 0. The van der Waals surface area contributed by atoms with Crippen molar-refractivity contribution in [2.75, 3.05) is 26.5 Å². The van der Waals surface area contributed by atoms with Crippen molar-refractivity contribution in [1.29, 1.82) is 0 Å². The number of nitrogens with one attached hydrogen (secondary N) is 2. The van der Waals surface area contributed by atoms with Gasteiger partial charge in [-0.1, -0.05) is 12.1 Å². The molecule has 96 valence electrons. The Balaban J connectivity index is 2.22. The van der Waals surface area contributed by atoms with Gasteiger partial charge in [-0.25, -0.2) is 13.1 Å². The second-order valence-corrected chi connectivity index (χ2v) is 5.52. The summed E-state index contributed by atoms with van der Waals surface area (Å²) >= 11 is 0. The molecule has 0 bridgehead atoms. The summed E-state index contributed by atoms with van der Waals surface area (Å²) < 4.78 is 29.0. The molecule has 0 heterocycles. The Hall–Kier alpha value is -1.11. The van der Waals surface area contributed by atoms with E-state index in [4.69, 9.17) is 4.74 Å². The molecule has 1 aromatic rings. The third kappa shape index (κ3) is 6.25. The van der Waals surface area contributed by atoms with Crippen molar-refractivity contribution in [2.24, 2.45) is 0 Å². The van der Waals surface area contributed by atoms with Crippen LogP contribution >= 0.6 is 0 Å². The largest absolute Gasteiger partial charge is 0.497 e. The second-order valence-electron chi connectivity index (χ2n) is 3.69. The molecule has 0 saturated heterocycles. The summed E-state index contributed by atoms with van der Waals surface area (Å²) in [5.41, 5.74) is 1.13. The topological polar surface area (TPSA) is 67.4 Å². The smallest absolute Gasteiger partial charge is 0.208 e. The van der Waals surface area contributed by atoms with E-state index in [0.29, 0.717) is 19.6 Å². The highest BCUT2D eigenvalue weighted by Crippen LogP contribution is 2.10. The minimum atomic E-state index is -3.08. The third-order valence-electron chi connectivity index (χ3n) is 2.15. The van der Waals surface area contributed by atoms with Gasteiger partial charge in [-0.15, -0.1) is 0 Å². The van der Waals surface area contributed by atoms with E-state index in [-0.39, 0.29) is 0 Å². The van der Waals surface area contributed by atoms with Crippen LogP contribution in [0.1, 0.15) is 5.56 Å². The van der Waals surface area contributed by atoms with Crippen molar-refractivity contribution in [1.82, 2.24) is 10.0 Å². The van der Waals surface area contributed by atoms with Crippen molar-refractivity contribution in [2.45, 2.75) is 6.54 Å². The lowest BCUT2D eigenvalue weighted by Crippen LogP contribution is -2.30. The zero-order valence-electron chi connectivity index (χ0n) is 10.1. The molecule has 0 atom stereocenters. The van der Waals surface area contributed by atoms with Gasteiger partial charge < -0.3 is 10.1 Å². The Morgan fingerprint density at radius 3 is 2.35 bits per heavy atom. The molecule has 0 aliphatic carbocycles. The molecule has 0 aliphatic heterocycles. The van der Waals surface area contributed by atoms with E-state index < -0.39 is 10.0 Å². The van der Waals surface area contributed by atoms with Gasteiger partial charge >= 0.3 is 0 Å². The Bertz CT molecular complexity index is 429. The van der Waals surface area contributed by atoms with Gasteiger partial charge in [0.25, 0.3) is 0 Å². The molecule has 0 aliphatic rings. The Kier molecular flexibility index (Phi) is 5.40. The van der Waals surface area contributed by atoms with Crippen molar-refractivity contribution in [3.05, 3.63) is 29.8 Å². The van der Waals surface area contributed by atoms with Crippen LogP contribution in [0.5, 0.6) is 5.75 Å². The molecule has 2 N–H and O–H groups in total. The van der Waals surface area contributed by atoms with Crippen LogP contribution in [-0.2, 0) is 16.6 Å². The molecule has 0 spiro atoms. The summed E-state index contributed by atoms with van der Waals surface area (Å²) in [6.45, 7) is 1.70. The maximum Gasteiger partial charge on any atom is 0.208 e. The Morgan fingerprint density at radius 1 is 1.18 bits per heavy atom. The van der Waals surface area contributed by atoms with Gasteiger partial charge in [0.05, 0.1) is 13.4 Å². The number of ether oxygens (including phenoxy) is 1. The van der Waals surface area contributed by atoms with Gasteiger partial charge in [0.1, 0.15) is 5.75 Å². The predicted molar refractivity (Wildman–Crippen MR) is 67.5 cm³/mol. The molecule has 0 saturated carbocycles. The van der Waals surface area contributed by atoms with E-state index >= 15 is 0 Å². The molecule has 0 amide bonds.